The van der Waals surface area contributed by atoms with Crippen LogP contribution < -0.4 is 10.2 Å². The predicted octanol–water partition coefficient (Wildman–Crippen LogP) is 3.39. The number of hydrogen-bond acceptors (Lipinski definition) is 3. The number of halogens is 1. The van der Waals surface area contributed by atoms with Crippen molar-refractivity contribution in [3.8, 4) is 0 Å². The van der Waals surface area contributed by atoms with Gasteiger partial charge in [0.05, 0.1) is 16.4 Å². The monoisotopic (exact) mass is 374 g/mol. The number of anilines is 2. The van der Waals surface area contributed by atoms with E-state index in [1.54, 1.807) is 23.1 Å². The molecule has 0 atom stereocenters. The number of benzene rings is 1. The molecule has 7 heteroatoms. The molecule has 1 N–H and O–H groups in total. The number of amides is 2. The summed E-state index contributed by atoms with van der Waals surface area (Å²) in [5, 5.41) is 7.72. The van der Waals surface area contributed by atoms with Crippen LogP contribution in [0.4, 0.5) is 11.4 Å². The molecule has 0 radical (unpaired) electrons. The van der Waals surface area contributed by atoms with E-state index in [9.17, 15) is 9.59 Å². The summed E-state index contributed by atoms with van der Waals surface area (Å²) >= 11 is 6.32. The largest absolute Gasteiger partial charge is 0.326 e. The fraction of sp³-hybridized carbons (Fsp3) is 0.421. The lowest BCUT2D eigenvalue weighted by Crippen LogP contribution is -2.24. The van der Waals surface area contributed by atoms with Gasteiger partial charge in [0.2, 0.25) is 11.8 Å². The van der Waals surface area contributed by atoms with Crippen LogP contribution >= 0.6 is 11.6 Å². The molecule has 1 aromatic carbocycles. The SMILES string of the molecule is Cc1nn(C)c(C)c1CCC(=O)Nc1ccc(N2CCCC2=O)c(Cl)c1. The first-order valence-electron chi connectivity index (χ1n) is 8.75. The van der Waals surface area contributed by atoms with Crippen LogP contribution in [0.5, 0.6) is 0 Å². The van der Waals surface area contributed by atoms with E-state index in [4.69, 9.17) is 11.6 Å². The maximum Gasteiger partial charge on any atom is 0.227 e. The van der Waals surface area contributed by atoms with E-state index in [2.05, 4.69) is 10.4 Å². The van der Waals surface area contributed by atoms with Crippen molar-refractivity contribution >= 4 is 34.8 Å². The Hall–Kier alpha value is -2.34. The second-order valence-corrected chi connectivity index (χ2v) is 7.04. The molecule has 0 aliphatic carbocycles. The third-order valence-electron chi connectivity index (χ3n) is 4.86. The van der Waals surface area contributed by atoms with Crippen LogP contribution in [-0.4, -0.2) is 28.1 Å². The average molecular weight is 375 g/mol. The highest BCUT2D eigenvalue weighted by molar-refractivity contribution is 6.34. The molecule has 0 bridgehead atoms. The number of carbonyl (C=O) groups is 2. The Morgan fingerprint density at radius 2 is 2.12 bits per heavy atom. The predicted molar refractivity (Wildman–Crippen MR) is 103 cm³/mol. The van der Waals surface area contributed by atoms with Crippen LogP contribution in [0.1, 0.15) is 36.2 Å². The van der Waals surface area contributed by atoms with Gasteiger partial charge >= 0.3 is 0 Å². The van der Waals surface area contributed by atoms with Crippen molar-refractivity contribution in [1.82, 2.24) is 9.78 Å². The van der Waals surface area contributed by atoms with Crippen molar-refractivity contribution < 1.29 is 9.59 Å². The molecule has 0 saturated carbocycles. The van der Waals surface area contributed by atoms with E-state index in [1.165, 1.54) is 0 Å². The maximum absolute atomic E-state index is 12.3. The summed E-state index contributed by atoms with van der Waals surface area (Å²) in [6.07, 6.45) is 2.42. The van der Waals surface area contributed by atoms with Gasteiger partial charge in [-0.3, -0.25) is 14.3 Å². The minimum Gasteiger partial charge on any atom is -0.326 e. The van der Waals surface area contributed by atoms with Crippen molar-refractivity contribution in [2.45, 2.75) is 39.5 Å². The molecule has 1 fully saturated rings. The summed E-state index contributed by atoms with van der Waals surface area (Å²) in [5.41, 5.74) is 4.49. The summed E-state index contributed by atoms with van der Waals surface area (Å²) in [4.78, 5) is 25.8. The van der Waals surface area contributed by atoms with Crippen LogP contribution in [0.2, 0.25) is 5.02 Å². The highest BCUT2D eigenvalue weighted by Crippen LogP contribution is 2.31. The molecule has 1 aliphatic rings. The number of nitrogens with zero attached hydrogens (tertiary/aromatic N) is 3. The minimum atomic E-state index is -0.0753. The number of aromatic nitrogens is 2. The van der Waals surface area contributed by atoms with Crippen LogP contribution in [0.25, 0.3) is 0 Å². The average Bonchev–Trinajstić information content (AvgIpc) is 3.10. The highest BCUT2D eigenvalue weighted by Gasteiger charge is 2.23. The zero-order chi connectivity index (χ0) is 18.8. The molecule has 0 spiro atoms. The molecule has 1 aromatic heterocycles. The van der Waals surface area contributed by atoms with Gasteiger partial charge in [-0.25, -0.2) is 0 Å². The van der Waals surface area contributed by atoms with Gasteiger partial charge in [0, 0.05) is 37.8 Å². The van der Waals surface area contributed by atoms with E-state index in [-0.39, 0.29) is 11.8 Å². The van der Waals surface area contributed by atoms with Crippen molar-refractivity contribution in [3.63, 3.8) is 0 Å². The van der Waals surface area contributed by atoms with Crippen LogP contribution in [-0.2, 0) is 23.1 Å². The molecule has 2 heterocycles. The third kappa shape index (κ3) is 3.75. The lowest BCUT2D eigenvalue weighted by atomic mass is 10.1. The molecule has 3 rings (SSSR count). The van der Waals surface area contributed by atoms with E-state index in [0.717, 1.165) is 23.4 Å². The van der Waals surface area contributed by atoms with Crippen LogP contribution in [0, 0.1) is 13.8 Å². The molecule has 1 aliphatic heterocycles. The van der Waals surface area contributed by atoms with Gasteiger partial charge in [0.25, 0.3) is 0 Å². The van der Waals surface area contributed by atoms with Gasteiger partial charge in [0.1, 0.15) is 0 Å². The Morgan fingerprint density at radius 3 is 2.69 bits per heavy atom. The Morgan fingerprint density at radius 1 is 1.35 bits per heavy atom. The smallest absolute Gasteiger partial charge is 0.227 e. The van der Waals surface area contributed by atoms with E-state index >= 15 is 0 Å². The number of aryl methyl sites for hydroxylation is 2. The van der Waals surface area contributed by atoms with Crippen molar-refractivity contribution in [3.05, 3.63) is 40.2 Å². The standard InChI is InChI=1S/C19H23ClN4O2/c1-12-15(13(2)23(3)22-12)7-9-18(25)21-14-6-8-17(16(20)11-14)24-10-4-5-19(24)26/h6,8,11H,4-5,7,9-10H2,1-3H3,(H,21,25). The summed E-state index contributed by atoms with van der Waals surface area (Å²) in [6.45, 7) is 4.65. The fourth-order valence-corrected chi connectivity index (χ4v) is 3.63. The van der Waals surface area contributed by atoms with Gasteiger partial charge < -0.3 is 10.2 Å². The summed E-state index contributed by atoms with van der Waals surface area (Å²) < 4.78 is 1.83. The number of hydrogen-bond donors (Lipinski definition) is 1. The van der Waals surface area contributed by atoms with Gasteiger partial charge in [-0.1, -0.05) is 11.6 Å². The quantitative estimate of drug-likeness (QED) is 0.872. The van der Waals surface area contributed by atoms with E-state index in [0.29, 0.717) is 42.2 Å². The third-order valence-corrected chi connectivity index (χ3v) is 5.16. The maximum atomic E-state index is 12.3. The lowest BCUT2D eigenvalue weighted by Gasteiger charge is -2.18. The Kier molecular flexibility index (Phi) is 5.32. The van der Waals surface area contributed by atoms with Crippen molar-refractivity contribution in [2.24, 2.45) is 7.05 Å². The summed E-state index contributed by atoms with van der Waals surface area (Å²) in [6, 6.07) is 5.27. The molecule has 1 saturated heterocycles. The van der Waals surface area contributed by atoms with E-state index < -0.39 is 0 Å². The van der Waals surface area contributed by atoms with Crippen LogP contribution in [0.3, 0.4) is 0 Å². The molecule has 138 valence electrons. The van der Waals surface area contributed by atoms with Crippen molar-refractivity contribution in [1.29, 1.82) is 0 Å². The van der Waals surface area contributed by atoms with Gasteiger partial charge in [-0.05, 0) is 50.5 Å². The molecule has 6 nitrogen and oxygen atoms in total. The van der Waals surface area contributed by atoms with Gasteiger partial charge in [-0.2, -0.15) is 5.10 Å². The molecule has 2 amide bonds. The first-order valence-corrected chi connectivity index (χ1v) is 9.13. The van der Waals surface area contributed by atoms with Gasteiger partial charge in [-0.15, -0.1) is 0 Å². The second kappa shape index (κ2) is 7.50. The molecule has 0 unspecified atom stereocenters. The molecular formula is C19H23ClN4O2. The minimum absolute atomic E-state index is 0.0753. The summed E-state index contributed by atoms with van der Waals surface area (Å²) in [5.74, 6) is 0.0135. The number of rotatable bonds is 5. The Bertz CT molecular complexity index is 859. The molecule has 26 heavy (non-hydrogen) atoms. The zero-order valence-electron chi connectivity index (χ0n) is 15.3. The van der Waals surface area contributed by atoms with Crippen molar-refractivity contribution in [2.75, 3.05) is 16.8 Å². The molecular weight excluding hydrogens is 352 g/mol. The van der Waals surface area contributed by atoms with Crippen LogP contribution in [0.15, 0.2) is 18.2 Å². The first kappa shape index (κ1) is 18.5. The fourth-order valence-electron chi connectivity index (χ4n) is 3.35. The number of nitrogens with one attached hydrogen (secondary N) is 1. The Labute approximate surface area is 158 Å². The zero-order valence-corrected chi connectivity index (χ0v) is 16.1. The first-order chi connectivity index (χ1) is 12.4. The molecule has 2 aromatic rings. The topological polar surface area (TPSA) is 67.2 Å². The Balaban J connectivity index is 1.62. The second-order valence-electron chi connectivity index (χ2n) is 6.64. The van der Waals surface area contributed by atoms with E-state index in [1.807, 2.05) is 25.6 Å². The normalized spacial score (nSPS) is 14.2. The summed E-state index contributed by atoms with van der Waals surface area (Å²) in [7, 11) is 1.90. The van der Waals surface area contributed by atoms with Gasteiger partial charge in [0.15, 0.2) is 0 Å². The lowest BCUT2D eigenvalue weighted by molar-refractivity contribution is -0.117. The highest BCUT2D eigenvalue weighted by atomic mass is 35.5. The number of carbonyl (C=O) groups excluding carboxylic acids is 2.